The summed E-state index contributed by atoms with van der Waals surface area (Å²) >= 11 is 5.91. The molecule has 132 valence electrons. The van der Waals surface area contributed by atoms with Crippen LogP contribution in [0.15, 0.2) is 48.5 Å². The number of para-hydroxylation sites is 1. The van der Waals surface area contributed by atoms with Crippen molar-refractivity contribution in [2.24, 2.45) is 0 Å². The fourth-order valence-corrected chi connectivity index (χ4v) is 2.34. The van der Waals surface area contributed by atoms with Crippen molar-refractivity contribution in [3.8, 4) is 5.75 Å². The second kappa shape index (κ2) is 9.08. The van der Waals surface area contributed by atoms with Crippen LogP contribution in [0.25, 0.3) is 0 Å². The number of rotatable bonds is 7. The summed E-state index contributed by atoms with van der Waals surface area (Å²) in [5, 5.41) is 6.08. The van der Waals surface area contributed by atoms with Crippen LogP contribution in [0.3, 0.4) is 0 Å². The van der Waals surface area contributed by atoms with E-state index < -0.39 is 6.10 Å². The Morgan fingerprint density at radius 3 is 2.64 bits per heavy atom. The van der Waals surface area contributed by atoms with Crippen molar-refractivity contribution in [2.75, 3.05) is 11.9 Å². The topological polar surface area (TPSA) is 67.4 Å². The van der Waals surface area contributed by atoms with Crippen molar-refractivity contribution in [2.45, 2.75) is 26.4 Å². The number of carbonyl (C=O) groups excluding carboxylic acids is 2. The lowest BCUT2D eigenvalue weighted by Gasteiger charge is -2.16. The van der Waals surface area contributed by atoms with Crippen LogP contribution in [0.4, 0.5) is 5.69 Å². The van der Waals surface area contributed by atoms with E-state index in [2.05, 4.69) is 10.6 Å². The molecule has 2 amide bonds. The Labute approximate surface area is 152 Å². The van der Waals surface area contributed by atoms with Crippen molar-refractivity contribution >= 4 is 29.1 Å². The molecule has 0 radical (unpaired) electrons. The Kier molecular flexibility index (Phi) is 6.83. The zero-order chi connectivity index (χ0) is 18.2. The standard InChI is InChI=1S/C19H21ClN2O3/c1-3-11-21-19(24)16-9-4-5-10-17(16)22-18(23)13(2)25-15-8-6-7-14(20)12-15/h4-10,12-13H,3,11H2,1-2H3,(H,21,24)(H,22,23). The van der Waals surface area contributed by atoms with Gasteiger partial charge in [-0.1, -0.05) is 36.7 Å². The summed E-state index contributed by atoms with van der Waals surface area (Å²) in [4.78, 5) is 24.6. The number of ether oxygens (including phenoxy) is 1. The van der Waals surface area contributed by atoms with Crippen molar-refractivity contribution in [3.63, 3.8) is 0 Å². The molecule has 5 nitrogen and oxygen atoms in total. The van der Waals surface area contributed by atoms with E-state index in [1.54, 1.807) is 55.5 Å². The van der Waals surface area contributed by atoms with Gasteiger partial charge in [0.2, 0.25) is 0 Å². The van der Waals surface area contributed by atoms with Crippen LogP contribution in [-0.2, 0) is 4.79 Å². The Morgan fingerprint density at radius 1 is 1.16 bits per heavy atom. The van der Waals surface area contributed by atoms with Gasteiger partial charge in [0.15, 0.2) is 6.10 Å². The summed E-state index contributed by atoms with van der Waals surface area (Å²) in [6.07, 6.45) is 0.0929. The minimum absolute atomic E-state index is 0.221. The second-order valence-corrected chi connectivity index (χ2v) is 5.94. The minimum atomic E-state index is -0.745. The Balaban J connectivity index is 2.05. The number of hydrogen-bond acceptors (Lipinski definition) is 3. The number of carbonyl (C=O) groups is 2. The van der Waals surface area contributed by atoms with Gasteiger partial charge in [-0.2, -0.15) is 0 Å². The average molecular weight is 361 g/mol. The number of halogens is 1. The first kappa shape index (κ1) is 18.8. The number of amides is 2. The van der Waals surface area contributed by atoms with Gasteiger partial charge in [-0.25, -0.2) is 0 Å². The molecule has 0 aliphatic carbocycles. The molecule has 0 fully saturated rings. The summed E-state index contributed by atoms with van der Waals surface area (Å²) in [6, 6.07) is 13.7. The van der Waals surface area contributed by atoms with E-state index >= 15 is 0 Å². The van der Waals surface area contributed by atoms with E-state index in [1.807, 2.05) is 6.92 Å². The molecule has 2 aromatic carbocycles. The highest BCUT2D eigenvalue weighted by molar-refractivity contribution is 6.30. The van der Waals surface area contributed by atoms with Crippen LogP contribution in [0.1, 0.15) is 30.6 Å². The monoisotopic (exact) mass is 360 g/mol. The predicted octanol–water partition coefficient (Wildman–Crippen LogP) is 3.89. The van der Waals surface area contributed by atoms with Gasteiger partial charge in [-0.3, -0.25) is 9.59 Å². The van der Waals surface area contributed by atoms with Gasteiger partial charge in [0, 0.05) is 11.6 Å². The Bertz CT molecular complexity index is 749. The molecular weight excluding hydrogens is 340 g/mol. The third kappa shape index (κ3) is 5.50. The van der Waals surface area contributed by atoms with Crippen molar-refractivity contribution in [3.05, 3.63) is 59.1 Å². The maximum atomic E-state index is 12.4. The highest BCUT2D eigenvalue weighted by Gasteiger charge is 2.18. The van der Waals surface area contributed by atoms with Crippen molar-refractivity contribution in [1.29, 1.82) is 0 Å². The van der Waals surface area contributed by atoms with E-state index in [0.717, 1.165) is 6.42 Å². The fourth-order valence-electron chi connectivity index (χ4n) is 2.16. The van der Waals surface area contributed by atoms with Crippen LogP contribution in [0, 0.1) is 0 Å². The summed E-state index contributed by atoms with van der Waals surface area (Å²) < 4.78 is 5.60. The van der Waals surface area contributed by atoms with E-state index in [-0.39, 0.29) is 11.8 Å². The summed E-state index contributed by atoms with van der Waals surface area (Å²) in [7, 11) is 0. The smallest absolute Gasteiger partial charge is 0.265 e. The van der Waals surface area contributed by atoms with Gasteiger partial charge in [0.25, 0.3) is 11.8 Å². The molecule has 0 bridgehead atoms. The third-order valence-corrected chi connectivity index (χ3v) is 3.68. The molecule has 0 aromatic heterocycles. The minimum Gasteiger partial charge on any atom is -0.481 e. The lowest BCUT2D eigenvalue weighted by atomic mass is 10.1. The lowest BCUT2D eigenvalue weighted by molar-refractivity contribution is -0.122. The van der Waals surface area contributed by atoms with Gasteiger partial charge >= 0.3 is 0 Å². The van der Waals surface area contributed by atoms with E-state index in [0.29, 0.717) is 28.6 Å². The maximum absolute atomic E-state index is 12.4. The van der Waals surface area contributed by atoms with E-state index in [1.165, 1.54) is 0 Å². The zero-order valence-electron chi connectivity index (χ0n) is 14.2. The highest BCUT2D eigenvalue weighted by Crippen LogP contribution is 2.20. The quantitative estimate of drug-likeness (QED) is 0.787. The molecule has 0 saturated carbocycles. The SMILES string of the molecule is CCCNC(=O)c1ccccc1NC(=O)C(C)Oc1cccc(Cl)c1. The lowest BCUT2D eigenvalue weighted by Crippen LogP contribution is -2.32. The molecule has 25 heavy (non-hydrogen) atoms. The Morgan fingerprint density at radius 2 is 1.92 bits per heavy atom. The van der Waals surface area contributed by atoms with Crippen molar-refractivity contribution < 1.29 is 14.3 Å². The van der Waals surface area contributed by atoms with Crippen LogP contribution < -0.4 is 15.4 Å². The summed E-state index contributed by atoms with van der Waals surface area (Å²) in [6.45, 7) is 4.19. The molecule has 0 spiro atoms. The average Bonchev–Trinajstić information content (AvgIpc) is 2.60. The van der Waals surface area contributed by atoms with Gasteiger partial charge in [0.1, 0.15) is 5.75 Å². The first-order valence-electron chi connectivity index (χ1n) is 8.11. The number of hydrogen-bond donors (Lipinski definition) is 2. The normalized spacial score (nSPS) is 11.5. The second-order valence-electron chi connectivity index (χ2n) is 5.51. The largest absolute Gasteiger partial charge is 0.481 e. The molecule has 0 aliphatic rings. The molecule has 1 unspecified atom stereocenters. The van der Waals surface area contributed by atoms with Crippen molar-refractivity contribution in [1.82, 2.24) is 5.32 Å². The van der Waals surface area contributed by atoms with Gasteiger partial charge in [-0.05, 0) is 43.7 Å². The predicted molar refractivity (Wildman–Crippen MR) is 99.2 cm³/mol. The molecular formula is C19H21ClN2O3. The summed E-state index contributed by atoms with van der Waals surface area (Å²) in [5.41, 5.74) is 0.863. The van der Waals surface area contributed by atoms with E-state index in [9.17, 15) is 9.59 Å². The van der Waals surface area contributed by atoms with Crippen LogP contribution in [-0.4, -0.2) is 24.5 Å². The van der Waals surface area contributed by atoms with Gasteiger partial charge < -0.3 is 15.4 Å². The van der Waals surface area contributed by atoms with Crippen LogP contribution >= 0.6 is 11.6 Å². The first-order valence-corrected chi connectivity index (χ1v) is 8.49. The summed E-state index contributed by atoms with van der Waals surface area (Å²) in [5.74, 6) is -0.0685. The molecule has 1 atom stereocenters. The number of nitrogens with one attached hydrogen (secondary N) is 2. The number of anilines is 1. The zero-order valence-corrected chi connectivity index (χ0v) is 15.0. The van der Waals surface area contributed by atoms with Gasteiger partial charge in [-0.15, -0.1) is 0 Å². The third-order valence-electron chi connectivity index (χ3n) is 3.44. The molecule has 6 heteroatoms. The Hall–Kier alpha value is -2.53. The van der Waals surface area contributed by atoms with E-state index in [4.69, 9.17) is 16.3 Å². The molecule has 0 aliphatic heterocycles. The molecule has 2 N–H and O–H groups in total. The fraction of sp³-hybridized carbons (Fsp3) is 0.263. The highest BCUT2D eigenvalue weighted by atomic mass is 35.5. The molecule has 2 aromatic rings. The maximum Gasteiger partial charge on any atom is 0.265 e. The number of benzene rings is 2. The van der Waals surface area contributed by atoms with Crippen LogP contribution in [0.5, 0.6) is 5.75 Å². The first-order chi connectivity index (χ1) is 12.0. The van der Waals surface area contributed by atoms with Crippen LogP contribution in [0.2, 0.25) is 5.02 Å². The van der Waals surface area contributed by atoms with Gasteiger partial charge in [0.05, 0.1) is 11.3 Å². The molecule has 2 rings (SSSR count). The molecule has 0 heterocycles. The molecule has 0 saturated heterocycles.